The van der Waals surface area contributed by atoms with Crippen LogP contribution >= 0.6 is 0 Å². The Labute approximate surface area is 134 Å². The summed E-state index contributed by atoms with van der Waals surface area (Å²) >= 11 is 0. The van der Waals surface area contributed by atoms with E-state index in [1.807, 2.05) is 13.0 Å². The average Bonchev–Trinajstić information content (AvgIpc) is 3.26. The van der Waals surface area contributed by atoms with Gasteiger partial charge in [-0.1, -0.05) is 6.92 Å². The van der Waals surface area contributed by atoms with Crippen molar-refractivity contribution >= 4 is 11.9 Å². The summed E-state index contributed by atoms with van der Waals surface area (Å²) in [6.45, 7) is 3.85. The molecular formula is C17H20N2O4. The normalized spacial score (nSPS) is 25.4. The van der Waals surface area contributed by atoms with E-state index in [9.17, 15) is 14.4 Å². The van der Waals surface area contributed by atoms with E-state index in [1.54, 1.807) is 9.47 Å². The Morgan fingerprint density at radius 2 is 1.96 bits per heavy atom. The van der Waals surface area contributed by atoms with E-state index >= 15 is 0 Å². The molecule has 122 valence electrons. The minimum atomic E-state index is -1.31. The number of hydrogen-bond acceptors (Lipinski definition) is 4. The molecule has 0 N–H and O–H groups in total. The molecule has 6 heteroatoms. The van der Waals surface area contributed by atoms with Gasteiger partial charge in [0.2, 0.25) is 5.60 Å². The van der Waals surface area contributed by atoms with Crippen LogP contribution in [-0.2, 0) is 28.1 Å². The first-order valence-electron chi connectivity index (χ1n) is 8.38. The zero-order valence-corrected chi connectivity index (χ0v) is 13.3. The first-order valence-corrected chi connectivity index (χ1v) is 8.38. The van der Waals surface area contributed by atoms with Gasteiger partial charge in [0, 0.05) is 30.9 Å². The van der Waals surface area contributed by atoms with Crippen LogP contribution in [0.5, 0.6) is 0 Å². The molecule has 3 aliphatic rings. The van der Waals surface area contributed by atoms with Gasteiger partial charge in [0.05, 0.1) is 0 Å². The van der Waals surface area contributed by atoms with Gasteiger partial charge >= 0.3 is 5.97 Å². The number of nitrogens with zero attached hydrogens (tertiary/aromatic N) is 2. The first kappa shape index (κ1) is 14.5. The molecule has 0 aromatic carbocycles. The molecule has 0 aliphatic carbocycles. The number of fused-ring (bicyclic) bond motifs is 2. The molecule has 6 nitrogen and oxygen atoms in total. The lowest BCUT2D eigenvalue weighted by Gasteiger charge is -2.30. The third-order valence-electron chi connectivity index (χ3n) is 5.34. The maximum atomic E-state index is 13.1. The molecule has 0 spiro atoms. The van der Waals surface area contributed by atoms with Crippen LogP contribution < -0.4 is 5.56 Å². The molecule has 0 bridgehead atoms. The molecule has 1 aromatic rings. The number of pyridine rings is 1. The summed E-state index contributed by atoms with van der Waals surface area (Å²) in [7, 11) is 0. The second-order valence-electron chi connectivity index (χ2n) is 6.55. The van der Waals surface area contributed by atoms with Crippen LogP contribution in [-0.4, -0.2) is 34.4 Å². The highest BCUT2D eigenvalue weighted by Gasteiger charge is 2.54. The zero-order valence-electron chi connectivity index (χ0n) is 13.3. The van der Waals surface area contributed by atoms with Gasteiger partial charge < -0.3 is 14.2 Å². The Hall–Kier alpha value is -2.11. The lowest BCUT2D eigenvalue weighted by molar-refractivity contribution is -0.151. The molecule has 1 amide bonds. The molecule has 3 aliphatic heterocycles. The van der Waals surface area contributed by atoms with Crippen molar-refractivity contribution in [2.24, 2.45) is 0 Å². The van der Waals surface area contributed by atoms with Gasteiger partial charge in [-0.15, -0.1) is 0 Å². The van der Waals surface area contributed by atoms with Crippen LogP contribution in [0, 0.1) is 0 Å². The maximum Gasteiger partial charge on any atom is 0.345 e. The maximum absolute atomic E-state index is 13.1. The fraction of sp³-hybridized carbons (Fsp3) is 0.588. The molecule has 4 heterocycles. The van der Waals surface area contributed by atoms with E-state index < -0.39 is 11.6 Å². The van der Waals surface area contributed by atoms with E-state index in [0.717, 1.165) is 31.4 Å². The summed E-state index contributed by atoms with van der Waals surface area (Å²) in [5.41, 5.74) is -0.164. The minimum absolute atomic E-state index is 0.0602. The number of likely N-dealkylation sites (tertiary alicyclic amines) is 1. The Balaban J connectivity index is 1.89. The van der Waals surface area contributed by atoms with Crippen molar-refractivity contribution < 1.29 is 14.3 Å². The predicted molar refractivity (Wildman–Crippen MR) is 82.2 cm³/mol. The SMILES string of the molecule is CCC1(C(=O)N2CCCC2)OC(=O)c2c1cc1n(c2=O)CCC1. The summed E-state index contributed by atoms with van der Waals surface area (Å²) in [4.78, 5) is 39.8. The highest BCUT2D eigenvalue weighted by molar-refractivity contribution is 6.02. The van der Waals surface area contributed by atoms with Crippen molar-refractivity contribution in [1.82, 2.24) is 9.47 Å². The van der Waals surface area contributed by atoms with Gasteiger partial charge in [0.15, 0.2) is 0 Å². The van der Waals surface area contributed by atoms with Crippen molar-refractivity contribution in [3.8, 4) is 0 Å². The molecule has 1 aromatic heterocycles. The lowest BCUT2D eigenvalue weighted by Crippen LogP contribution is -2.46. The van der Waals surface area contributed by atoms with Crippen molar-refractivity contribution in [1.29, 1.82) is 0 Å². The van der Waals surface area contributed by atoms with Crippen LogP contribution in [0.15, 0.2) is 10.9 Å². The predicted octanol–water partition coefficient (Wildman–Crippen LogP) is 1.19. The molecule has 4 rings (SSSR count). The monoisotopic (exact) mass is 316 g/mol. The molecule has 1 fully saturated rings. The van der Waals surface area contributed by atoms with Crippen molar-refractivity contribution in [2.75, 3.05) is 13.1 Å². The third kappa shape index (κ3) is 1.84. The Kier molecular flexibility index (Phi) is 3.11. The lowest BCUT2D eigenvalue weighted by atomic mass is 9.88. The highest BCUT2D eigenvalue weighted by Crippen LogP contribution is 2.41. The van der Waals surface area contributed by atoms with Gasteiger partial charge in [0.25, 0.3) is 11.5 Å². The number of amides is 1. The third-order valence-corrected chi connectivity index (χ3v) is 5.34. The fourth-order valence-corrected chi connectivity index (χ4v) is 4.10. The van der Waals surface area contributed by atoms with Crippen LogP contribution in [0.1, 0.15) is 54.2 Å². The van der Waals surface area contributed by atoms with Crippen LogP contribution in [0.4, 0.5) is 0 Å². The number of esters is 1. The standard InChI is InChI=1S/C17H20N2O4/c1-2-17(16(22)18-7-3-4-8-18)12-10-11-6-5-9-19(11)14(20)13(12)15(21)23-17/h10H,2-9H2,1H3. The van der Waals surface area contributed by atoms with Gasteiger partial charge in [-0.05, 0) is 38.2 Å². The van der Waals surface area contributed by atoms with E-state index in [4.69, 9.17) is 4.74 Å². The largest absolute Gasteiger partial charge is 0.440 e. The van der Waals surface area contributed by atoms with E-state index in [0.29, 0.717) is 31.6 Å². The number of carbonyl (C=O) groups is 2. The Morgan fingerprint density at radius 1 is 1.22 bits per heavy atom. The van der Waals surface area contributed by atoms with E-state index in [-0.39, 0.29) is 17.0 Å². The van der Waals surface area contributed by atoms with Gasteiger partial charge in [-0.3, -0.25) is 9.59 Å². The minimum Gasteiger partial charge on any atom is -0.440 e. The Morgan fingerprint density at radius 3 is 2.65 bits per heavy atom. The highest BCUT2D eigenvalue weighted by atomic mass is 16.6. The van der Waals surface area contributed by atoms with Gasteiger partial charge in [-0.2, -0.15) is 0 Å². The molecule has 0 radical (unpaired) electrons. The number of hydrogen-bond donors (Lipinski definition) is 0. The van der Waals surface area contributed by atoms with Crippen molar-refractivity contribution in [3.05, 3.63) is 33.2 Å². The van der Waals surface area contributed by atoms with Gasteiger partial charge in [0.1, 0.15) is 5.56 Å². The second-order valence-corrected chi connectivity index (χ2v) is 6.55. The second kappa shape index (κ2) is 4.94. The molecular weight excluding hydrogens is 296 g/mol. The van der Waals surface area contributed by atoms with Crippen molar-refractivity contribution in [3.63, 3.8) is 0 Å². The molecule has 1 saturated heterocycles. The topological polar surface area (TPSA) is 68.6 Å². The number of ether oxygens (including phenoxy) is 1. The molecule has 1 atom stereocenters. The summed E-state index contributed by atoms with van der Waals surface area (Å²) in [5, 5.41) is 0. The molecule has 0 saturated carbocycles. The number of aryl methyl sites for hydroxylation is 1. The van der Waals surface area contributed by atoms with E-state index in [1.165, 1.54) is 0 Å². The quantitative estimate of drug-likeness (QED) is 0.769. The van der Waals surface area contributed by atoms with Crippen LogP contribution in [0.3, 0.4) is 0 Å². The first-order chi connectivity index (χ1) is 11.1. The summed E-state index contributed by atoms with van der Waals surface area (Å²) in [6.07, 6.45) is 3.99. The smallest absolute Gasteiger partial charge is 0.345 e. The van der Waals surface area contributed by atoms with Crippen molar-refractivity contribution in [2.45, 2.75) is 51.2 Å². The number of aromatic nitrogens is 1. The Bertz CT molecular complexity index is 761. The average molecular weight is 316 g/mol. The fourth-order valence-electron chi connectivity index (χ4n) is 4.10. The van der Waals surface area contributed by atoms with Crippen LogP contribution in [0.2, 0.25) is 0 Å². The zero-order chi connectivity index (χ0) is 16.2. The van der Waals surface area contributed by atoms with E-state index in [2.05, 4.69) is 0 Å². The summed E-state index contributed by atoms with van der Waals surface area (Å²) in [6, 6.07) is 1.85. The summed E-state index contributed by atoms with van der Waals surface area (Å²) < 4.78 is 7.20. The molecule has 1 unspecified atom stereocenters. The summed E-state index contributed by atoms with van der Waals surface area (Å²) in [5.74, 6) is -0.825. The number of carbonyl (C=O) groups excluding carboxylic acids is 2. The molecule has 23 heavy (non-hydrogen) atoms. The number of rotatable bonds is 2. The van der Waals surface area contributed by atoms with Crippen LogP contribution in [0.25, 0.3) is 0 Å². The number of cyclic esters (lactones) is 1. The van der Waals surface area contributed by atoms with Gasteiger partial charge in [-0.25, -0.2) is 4.79 Å².